The standard InChI is InChI=1S/C16H18FNO/c1-11-6-7-13(8-12(2)18)9-16(11)19-15-5-3-4-14(17)10-15/h3-7,9-10,12H,8,18H2,1-2H3. The summed E-state index contributed by atoms with van der Waals surface area (Å²) in [5.41, 5.74) is 7.92. The van der Waals surface area contributed by atoms with Crippen LogP contribution in [0.25, 0.3) is 0 Å². The van der Waals surface area contributed by atoms with Gasteiger partial charge < -0.3 is 10.5 Å². The monoisotopic (exact) mass is 259 g/mol. The predicted molar refractivity (Wildman–Crippen MR) is 75.0 cm³/mol. The van der Waals surface area contributed by atoms with E-state index in [1.807, 2.05) is 32.0 Å². The zero-order chi connectivity index (χ0) is 13.8. The van der Waals surface area contributed by atoms with E-state index in [0.717, 1.165) is 23.3 Å². The lowest BCUT2D eigenvalue weighted by molar-refractivity contribution is 0.472. The maximum absolute atomic E-state index is 13.1. The second-order valence-electron chi connectivity index (χ2n) is 4.84. The maximum atomic E-state index is 13.1. The number of rotatable bonds is 4. The van der Waals surface area contributed by atoms with Crippen molar-refractivity contribution in [3.63, 3.8) is 0 Å². The molecule has 100 valence electrons. The summed E-state index contributed by atoms with van der Waals surface area (Å²) in [5.74, 6) is 0.937. The van der Waals surface area contributed by atoms with E-state index in [4.69, 9.17) is 10.5 Å². The highest BCUT2D eigenvalue weighted by atomic mass is 19.1. The summed E-state index contributed by atoms with van der Waals surface area (Å²) in [6.45, 7) is 3.93. The Labute approximate surface area is 113 Å². The number of nitrogens with two attached hydrogens (primary N) is 1. The van der Waals surface area contributed by atoms with Gasteiger partial charge >= 0.3 is 0 Å². The Morgan fingerprint density at radius 1 is 1.21 bits per heavy atom. The van der Waals surface area contributed by atoms with Gasteiger partial charge in [0.2, 0.25) is 0 Å². The molecule has 0 spiro atoms. The van der Waals surface area contributed by atoms with E-state index in [1.165, 1.54) is 12.1 Å². The maximum Gasteiger partial charge on any atom is 0.130 e. The summed E-state index contributed by atoms with van der Waals surface area (Å²) in [5, 5.41) is 0. The van der Waals surface area contributed by atoms with E-state index >= 15 is 0 Å². The van der Waals surface area contributed by atoms with Crippen LogP contribution in [0.15, 0.2) is 42.5 Å². The van der Waals surface area contributed by atoms with Crippen molar-refractivity contribution in [1.82, 2.24) is 0 Å². The van der Waals surface area contributed by atoms with Crippen LogP contribution in [0.3, 0.4) is 0 Å². The van der Waals surface area contributed by atoms with Crippen LogP contribution < -0.4 is 10.5 Å². The quantitative estimate of drug-likeness (QED) is 0.906. The number of ether oxygens (including phenoxy) is 1. The summed E-state index contributed by atoms with van der Waals surface area (Å²) in [6.07, 6.45) is 0.791. The van der Waals surface area contributed by atoms with Crippen LogP contribution in [-0.2, 0) is 6.42 Å². The molecule has 0 aliphatic rings. The number of benzene rings is 2. The molecule has 1 unspecified atom stereocenters. The topological polar surface area (TPSA) is 35.2 Å². The van der Waals surface area contributed by atoms with Gasteiger partial charge in [-0.2, -0.15) is 0 Å². The molecule has 0 heterocycles. The molecule has 2 nitrogen and oxygen atoms in total. The minimum atomic E-state index is -0.304. The van der Waals surface area contributed by atoms with Crippen LogP contribution in [0.1, 0.15) is 18.1 Å². The first-order valence-corrected chi connectivity index (χ1v) is 6.33. The van der Waals surface area contributed by atoms with Gasteiger partial charge in [-0.05, 0) is 49.6 Å². The fraction of sp³-hybridized carbons (Fsp3) is 0.250. The molecule has 19 heavy (non-hydrogen) atoms. The van der Waals surface area contributed by atoms with Gasteiger partial charge in [0.05, 0.1) is 0 Å². The summed E-state index contributed by atoms with van der Waals surface area (Å²) in [6, 6.07) is 12.2. The second kappa shape index (κ2) is 5.85. The third kappa shape index (κ3) is 3.80. The first-order valence-electron chi connectivity index (χ1n) is 6.33. The number of halogens is 1. The average Bonchev–Trinajstić information content (AvgIpc) is 2.33. The molecule has 0 saturated carbocycles. The molecule has 0 radical (unpaired) electrons. The minimum Gasteiger partial charge on any atom is -0.457 e. The van der Waals surface area contributed by atoms with Gasteiger partial charge in [0.25, 0.3) is 0 Å². The normalized spacial score (nSPS) is 12.2. The highest BCUT2D eigenvalue weighted by Gasteiger charge is 2.05. The Hall–Kier alpha value is -1.87. The number of aryl methyl sites for hydroxylation is 1. The van der Waals surface area contributed by atoms with E-state index in [1.54, 1.807) is 12.1 Å². The van der Waals surface area contributed by atoms with E-state index < -0.39 is 0 Å². The van der Waals surface area contributed by atoms with Crippen molar-refractivity contribution in [1.29, 1.82) is 0 Å². The Morgan fingerprint density at radius 2 is 2.00 bits per heavy atom. The number of hydrogen-bond acceptors (Lipinski definition) is 2. The third-order valence-electron chi connectivity index (χ3n) is 2.83. The summed E-state index contributed by atoms with van der Waals surface area (Å²) in [7, 11) is 0. The van der Waals surface area contributed by atoms with Crippen LogP contribution in [0, 0.1) is 12.7 Å². The Morgan fingerprint density at radius 3 is 2.68 bits per heavy atom. The number of hydrogen-bond donors (Lipinski definition) is 1. The minimum absolute atomic E-state index is 0.102. The van der Waals surface area contributed by atoms with Gasteiger partial charge in [-0.3, -0.25) is 0 Å². The molecular weight excluding hydrogens is 241 g/mol. The molecule has 3 heteroatoms. The van der Waals surface area contributed by atoms with E-state index in [-0.39, 0.29) is 11.9 Å². The molecule has 2 aromatic carbocycles. The van der Waals surface area contributed by atoms with Gasteiger partial charge in [0.15, 0.2) is 0 Å². The Kier molecular flexibility index (Phi) is 4.17. The molecule has 0 aliphatic heterocycles. The molecule has 2 aromatic rings. The zero-order valence-corrected chi connectivity index (χ0v) is 11.2. The first-order chi connectivity index (χ1) is 9.04. The molecule has 0 aromatic heterocycles. The summed E-state index contributed by atoms with van der Waals surface area (Å²) < 4.78 is 18.9. The molecule has 0 fully saturated rings. The third-order valence-corrected chi connectivity index (χ3v) is 2.83. The zero-order valence-electron chi connectivity index (χ0n) is 11.2. The van der Waals surface area contributed by atoms with Crippen LogP contribution in [0.5, 0.6) is 11.5 Å². The fourth-order valence-electron chi connectivity index (χ4n) is 1.91. The average molecular weight is 259 g/mol. The van der Waals surface area contributed by atoms with Gasteiger partial charge in [-0.25, -0.2) is 4.39 Å². The van der Waals surface area contributed by atoms with Crippen LogP contribution in [0.4, 0.5) is 4.39 Å². The first kappa shape index (κ1) is 13.6. The fourth-order valence-corrected chi connectivity index (χ4v) is 1.91. The second-order valence-corrected chi connectivity index (χ2v) is 4.84. The van der Waals surface area contributed by atoms with E-state index in [0.29, 0.717) is 5.75 Å². The van der Waals surface area contributed by atoms with Crippen molar-refractivity contribution in [2.24, 2.45) is 5.73 Å². The molecular formula is C16H18FNO. The Balaban J connectivity index is 2.23. The van der Waals surface area contributed by atoms with E-state index in [2.05, 4.69) is 0 Å². The predicted octanol–water partition coefficient (Wildman–Crippen LogP) is 3.82. The van der Waals surface area contributed by atoms with Gasteiger partial charge in [0.1, 0.15) is 17.3 Å². The van der Waals surface area contributed by atoms with Crippen molar-refractivity contribution >= 4 is 0 Å². The summed E-state index contributed by atoms with van der Waals surface area (Å²) in [4.78, 5) is 0. The Bertz CT molecular complexity index is 566. The molecule has 2 rings (SSSR count). The van der Waals surface area contributed by atoms with Crippen LogP contribution in [-0.4, -0.2) is 6.04 Å². The smallest absolute Gasteiger partial charge is 0.130 e. The van der Waals surface area contributed by atoms with Gasteiger partial charge in [0, 0.05) is 12.1 Å². The van der Waals surface area contributed by atoms with Crippen molar-refractivity contribution in [2.75, 3.05) is 0 Å². The van der Waals surface area contributed by atoms with Gasteiger partial charge in [-0.1, -0.05) is 18.2 Å². The molecule has 0 amide bonds. The van der Waals surface area contributed by atoms with E-state index in [9.17, 15) is 4.39 Å². The highest BCUT2D eigenvalue weighted by molar-refractivity contribution is 5.40. The summed E-state index contributed by atoms with van der Waals surface area (Å²) >= 11 is 0. The lowest BCUT2D eigenvalue weighted by Crippen LogP contribution is -2.17. The highest BCUT2D eigenvalue weighted by Crippen LogP contribution is 2.26. The van der Waals surface area contributed by atoms with Crippen molar-refractivity contribution in [3.8, 4) is 11.5 Å². The SMILES string of the molecule is Cc1ccc(CC(C)N)cc1Oc1cccc(F)c1. The van der Waals surface area contributed by atoms with Gasteiger partial charge in [-0.15, -0.1) is 0 Å². The largest absolute Gasteiger partial charge is 0.457 e. The van der Waals surface area contributed by atoms with Crippen molar-refractivity contribution < 1.29 is 9.13 Å². The lowest BCUT2D eigenvalue weighted by atomic mass is 10.1. The molecule has 0 aliphatic carbocycles. The molecule has 2 N–H and O–H groups in total. The molecule has 0 saturated heterocycles. The van der Waals surface area contributed by atoms with Crippen molar-refractivity contribution in [2.45, 2.75) is 26.3 Å². The van der Waals surface area contributed by atoms with Crippen molar-refractivity contribution in [3.05, 3.63) is 59.4 Å². The van der Waals surface area contributed by atoms with Crippen LogP contribution >= 0.6 is 0 Å². The lowest BCUT2D eigenvalue weighted by Gasteiger charge is -2.12. The van der Waals surface area contributed by atoms with Crippen LogP contribution in [0.2, 0.25) is 0 Å². The molecule has 0 bridgehead atoms. The molecule has 1 atom stereocenters.